The number of halogens is 3. The van der Waals surface area contributed by atoms with Crippen molar-refractivity contribution in [2.24, 2.45) is 17.8 Å². The summed E-state index contributed by atoms with van der Waals surface area (Å²) < 4.78 is 40.9. The molecule has 2 aromatic rings. The summed E-state index contributed by atoms with van der Waals surface area (Å²) in [5, 5.41) is 6.24. The number of carbonyl (C=O) groups excluding carboxylic acids is 1. The number of hydrogen-bond acceptors (Lipinski definition) is 4. The number of hydrogen-bond donors (Lipinski definition) is 2. The Kier molecular flexibility index (Phi) is 5.97. The molecule has 5 nitrogen and oxygen atoms in total. The highest BCUT2D eigenvalue weighted by molar-refractivity contribution is 5.92. The molecule has 2 atom stereocenters. The molecule has 0 radical (unpaired) electrons. The van der Waals surface area contributed by atoms with Crippen molar-refractivity contribution in [1.82, 2.24) is 10.2 Å². The summed E-state index contributed by atoms with van der Waals surface area (Å²) in [4.78, 5) is 14.4. The molecule has 1 heterocycles. The van der Waals surface area contributed by atoms with E-state index >= 15 is 0 Å². The predicted molar refractivity (Wildman–Crippen MR) is 107 cm³/mol. The maximum absolute atomic E-state index is 12.3. The van der Waals surface area contributed by atoms with Gasteiger partial charge in [-0.3, -0.25) is 9.69 Å². The maximum Gasteiger partial charge on any atom is 0.573 e. The zero-order chi connectivity index (χ0) is 21.1. The standard InChI is InChI=1S/C22H24F3N3O2/c23-22(24,25)30-17-8-4-5-15(9-17)10-26-11-18-19-12-28(13-20(18)19)14-21(29)27-16-6-2-1-3-7-16/h1-9,18-20,26H,10-14H2,(H,27,29). The van der Waals surface area contributed by atoms with E-state index in [0.29, 0.717) is 30.8 Å². The lowest BCUT2D eigenvalue weighted by atomic mass is 10.2. The number of likely N-dealkylation sites (tertiary alicyclic amines) is 1. The minimum Gasteiger partial charge on any atom is -0.406 e. The monoisotopic (exact) mass is 419 g/mol. The first-order valence-electron chi connectivity index (χ1n) is 10.00. The molecule has 4 rings (SSSR count). The Morgan fingerprint density at radius 2 is 1.80 bits per heavy atom. The number of nitrogens with zero attached hydrogens (tertiary/aromatic N) is 1. The lowest BCUT2D eigenvalue weighted by Gasteiger charge is -2.19. The average Bonchev–Trinajstić information content (AvgIpc) is 3.13. The molecule has 1 aliphatic heterocycles. The second kappa shape index (κ2) is 8.65. The molecule has 2 aromatic carbocycles. The fraction of sp³-hybridized carbons (Fsp3) is 0.409. The second-order valence-corrected chi connectivity index (χ2v) is 7.93. The normalized spacial score (nSPS) is 23.1. The van der Waals surface area contributed by atoms with Gasteiger partial charge >= 0.3 is 6.36 Å². The van der Waals surface area contributed by atoms with Crippen molar-refractivity contribution in [2.75, 3.05) is 31.5 Å². The lowest BCUT2D eigenvalue weighted by molar-refractivity contribution is -0.274. The first-order chi connectivity index (χ1) is 14.4. The predicted octanol–water partition coefficient (Wildman–Crippen LogP) is 3.49. The number of alkyl halides is 3. The van der Waals surface area contributed by atoms with Crippen molar-refractivity contribution in [3.8, 4) is 5.75 Å². The van der Waals surface area contributed by atoms with Crippen LogP contribution >= 0.6 is 0 Å². The summed E-state index contributed by atoms with van der Waals surface area (Å²) >= 11 is 0. The van der Waals surface area contributed by atoms with E-state index in [4.69, 9.17) is 0 Å². The highest BCUT2D eigenvalue weighted by atomic mass is 19.4. The molecule has 0 bridgehead atoms. The van der Waals surface area contributed by atoms with Crippen LogP contribution in [-0.4, -0.2) is 43.3 Å². The van der Waals surface area contributed by atoms with Gasteiger partial charge in [-0.05, 0) is 54.1 Å². The summed E-state index contributed by atoms with van der Waals surface area (Å²) in [6.45, 7) is 3.54. The Morgan fingerprint density at radius 1 is 1.07 bits per heavy atom. The van der Waals surface area contributed by atoms with E-state index in [0.717, 1.165) is 30.9 Å². The Bertz CT molecular complexity index is 863. The maximum atomic E-state index is 12.3. The number of carbonyl (C=O) groups is 1. The van der Waals surface area contributed by atoms with Crippen molar-refractivity contribution >= 4 is 11.6 Å². The van der Waals surface area contributed by atoms with Gasteiger partial charge in [0.1, 0.15) is 5.75 Å². The summed E-state index contributed by atoms with van der Waals surface area (Å²) in [5.74, 6) is 1.53. The van der Waals surface area contributed by atoms with E-state index in [9.17, 15) is 18.0 Å². The molecule has 2 N–H and O–H groups in total. The molecule has 160 valence electrons. The van der Waals surface area contributed by atoms with Crippen LogP contribution in [0, 0.1) is 17.8 Å². The van der Waals surface area contributed by atoms with Gasteiger partial charge < -0.3 is 15.4 Å². The van der Waals surface area contributed by atoms with Gasteiger partial charge in [-0.15, -0.1) is 13.2 Å². The van der Waals surface area contributed by atoms with Crippen LogP contribution in [0.15, 0.2) is 54.6 Å². The molecular formula is C22H24F3N3O2. The number of nitrogens with one attached hydrogen (secondary N) is 2. The van der Waals surface area contributed by atoms with Crippen LogP contribution < -0.4 is 15.4 Å². The Morgan fingerprint density at radius 3 is 2.50 bits per heavy atom. The number of para-hydroxylation sites is 1. The lowest BCUT2D eigenvalue weighted by Crippen LogP contribution is -2.34. The van der Waals surface area contributed by atoms with Gasteiger partial charge in [-0.1, -0.05) is 30.3 Å². The Hall–Kier alpha value is -2.58. The summed E-state index contributed by atoms with van der Waals surface area (Å²) in [5.41, 5.74) is 1.56. The van der Waals surface area contributed by atoms with Crippen molar-refractivity contribution in [2.45, 2.75) is 12.9 Å². The zero-order valence-electron chi connectivity index (χ0n) is 16.4. The van der Waals surface area contributed by atoms with E-state index in [1.54, 1.807) is 12.1 Å². The zero-order valence-corrected chi connectivity index (χ0v) is 16.4. The van der Waals surface area contributed by atoms with E-state index < -0.39 is 6.36 Å². The fourth-order valence-corrected chi connectivity index (χ4v) is 4.33. The molecule has 30 heavy (non-hydrogen) atoms. The largest absolute Gasteiger partial charge is 0.573 e. The second-order valence-electron chi connectivity index (χ2n) is 7.93. The van der Waals surface area contributed by atoms with Crippen LogP contribution in [0.3, 0.4) is 0 Å². The molecule has 1 amide bonds. The van der Waals surface area contributed by atoms with E-state index in [2.05, 4.69) is 20.3 Å². The molecular weight excluding hydrogens is 395 g/mol. The number of amides is 1. The van der Waals surface area contributed by atoms with E-state index in [1.807, 2.05) is 30.3 Å². The molecule has 8 heteroatoms. The summed E-state index contributed by atoms with van der Waals surface area (Å²) in [7, 11) is 0. The minimum atomic E-state index is -4.68. The molecule has 1 aliphatic carbocycles. The molecule has 0 spiro atoms. The van der Waals surface area contributed by atoms with Crippen LogP contribution in [0.5, 0.6) is 5.75 Å². The first-order valence-corrected chi connectivity index (χ1v) is 10.00. The SMILES string of the molecule is O=C(CN1CC2C(CNCc3cccc(OC(F)(F)F)c3)C2C1)Nc1ccccc1. The van der Waals surface area contributed by atoms with Crippen LogP contribution in [0.4, 0.5) is 18.9 Å². The van der Waals surface area contributed by atoms with Gasteiger partial charge in [0.2, 0.25) is 5.91 Å². The molecule has 2 fully saturated rings. The fourth-order valence-electron chi connectivity index (χ4n) is 4.33. The van der Waals surface area contributed by atoms with Crippen molar-refractivity contribution in [3.63, 3.8) is 0 Å². The van der Waals surface area contributed by atoms with Gasteiger partial charge in [0.15, 0.2) is 0 Å². The van der Waals surface area contributed by atoms with Crippen LogP contribution in [0.1, 0.15) is 5.56 Å². The van der Waals surface area contributed by atoms with Gasteiger partial charge in [-0.2, -0.15) is 0 Å². The van der Waals surface area contributed by atoms with Gasteiger partial charge in [0.25, 0.3) is 0 Å². The Balaban J connectivity index is 1.15. The third kappa shape index (κ3) is 5.52. The van der Waals surface area contributed by atoms with Crippen molar-refractivity contribution < 1.29 is 22.7 Å². The average molecular weight is 419 g/mol. The third-order valence-electron chi connectivity index (χ3n) is 5.71. The number of rotatable bonds is 8. The first kappa shape index (κ1) is 20.7. The molecule has 2 aliphatic rings. The smallest absolute Gasteiger partial charge is 0.406 e. The highest BCUT2D eigenvalue weighted by Crippen LogP contribution is 2.51. The number of fused-ring (bicyclic) bond motifs is 1. The quantitative estimate of drug-likeness (QED) is 0.688. The van der Waals surface area contributed by atoms with Crippen LogP contribution in [0.25, 0.3) is 0 Å². The number of piperidine rings is 1. The number of anilines is 1. The molecule has 0 aromatic heterocycles. The molecule has 2 unspecified atom stereocenters. The van der Waals surface area contributed by atoms with Crippen molar-refractivity contribution in [3.05, 3.63) is 60.2 Å². The van der Waals surface area contributed by atoms with Crippen LogP contribution in [0.2, 0.25) is 0 Å². The number of benzene rings is 2. The van der Waals surface area contributed by atoms with Gasteiger partial charge in [-0.25, -0.2) is 0 Å². The van der Waals surface area contributed by atoms with Crippen LogP contribution in [-0.2, 0) is 11.3 Å². The number of ether oxygens (including phenoxy) is 1. The molecule has 1 saturated carbocycles. The molecule has 1 saturated heterocycles. The highest BCUT2D eigenvalue weighted by Gasteiger charge is 2.54. The minimum absolute atomic E-state index is 0.00173. The van der Waals surface area contributed by atoms with Gasteiger partial charge in [0.05, 0.1) is 6.54 Å². The van der Waals surface area contributed by atoms with E-state index in [1.165, 1.54) is 12.1 Å². The summed E-state index contributed by atoms with van der Waals surface area (Å²) in [6, 6.07) is 15.4. The third-order valence-corrected chi connectivity index (χ3v) is 5.71. The summed E-state index contributed by atoms with van der Waals surface area (Å²) in [6.07, 6.45) is -4.68. The Labute approximate surface area is 173 Å². The van der Waals surface area contributed by atoms with E-state index in [-0.39, 0.29) is 11.7 Å². The topological polar surface area (TPSA) is 53.6 Å². The van der Waals surface area contributed by atoms with Crippen molar-refractivity contribution in [1.29, 1.82) is 0 Å². The van der Waals surface area contributed by atoms with Gasteiger partial charge in [0, 0.05) is 25.3 Å².